The average molecular weight is 219 g/mol. The van der Waals surface area contributed by atoms with Crippen LogP contribution in [-0.2, 0) is 0 Å². The van der Waals surface area contributed by atoms with E-state index in [4.69, 9.17) is 5.73 Å². The van der Waals surface area contributed by atoms with Gasteiger partial charge < -0.3 is 5.73 Å². The fraction of sp³-hybridized carbons (Fsp3) is 0.0909. The van der Waals surface area contributed by atoms with Gasteiger partial charge >= 0.3 is 0 Å². The van der Waals surface area contributed by atoms with Gasteiger partial charge in [0.2, 0.25) is 0 Å². The highest BCUT2D eigenvalue weighted by Crippen LogP contribution is 2.18. The molecule has 0 saturated carbocycles. The molecule has 0 bridgehead atoms. The average Bonchev–Trinajstić information content (AvgIpc) is 2.25. The predicted octanol–water partition coefficient (Wildman–Crippen LogP) is 1.26. The first-order valence-corrected chi connectivity index (χ1v) is 4.70. The van der Waals surface area contributed by atoms with E-state index < -0.39 is 11.4 Å². The third-order valence-electron chi connectivity index (χ3n) is 2.28. The highest BCUT2D eigenvalue weighted by molar-refractivity contribution is 5.53. The van der Waals surface area contributed by atoms with Crippen LogP contribution in [0, 0.1) is 12.7 Å². The molecule has 1 aromatic carbocycles. The Kier molecular flexibility index (Phi) is 2.44. The first kappa shape index (κ1) is 10.4. The molecule has 0 aliphatic rings. The molecule has 0 fully saturated rings. The molecular formula is C11H10FN3O. The van der Waals surface area contributed by atoms with Gasteiger partial charge in [0.1, 0.15) is 11.5 Å². The van der Waals surface area contributed by atoms with Crippen molar-refractivity contribution in [3.05, 3.63) is 52.2 Å². The Morgan fingerprint density at radius 3 is 2.88 bits per heavy atom. The van der Waals surface area contributed by atoms with Crippen molar-refractivity contribution >= 4 is 5.69 Å². The summed E-state index contributed by atoms with van der Waals surface area (Å²) in [7, 11) is 0. The largest absolute Gasteiger partial charge is 0.398 e. The summed E-state index contributed by atoms with van der Waals surface area (Å²) in [5.41, 5.74) is 6.39. The fourth-order valence-corrected chi connectivity index (χ4v) is 1.38. The lowest BCUT2D eigenvalue weighted by Gasteiger charge is -2.07. The van der Waals surface area contributed by atoms with Crippen LogP contribution in [0.1, 0.15) is 5.56 Å². The molecule has 5 heteroatoms. The second kappa shape index (κ2) is 3.77. The molecule has 0 aliphatic heterocycles. The zero-order chi connectivity index (χ0) is 11.7. The summed E-state index contributed by atoms with van der Waals surface area (Å²) < 4.78 is 14.6. The molecular weight excluding hydrogens is 209 g/mol. The maximum Gasteiger partial charge on any atom is 0.271 e. The number of nitrogens with zero attached hydrogens (tertiary/aromatic N) is 2. The number of rotatable bonds is 1. The van der Waals surface area contributed by atoms with Crippen molar-refractivity contribution in [1.82, 2.24) is 9.78 Å². The lowest BCUT2D eigenvalue weighted by atomic mass is 10.2. The Balaban J connectivity index is 2.70. The summed E-state index contributed by atoms with van der Waals surface area (Å²) in [6.07, 6.45) is 1.41. The summed E-state index contributed by atoms with van der Waals surface area (Å²) in [4.78, 5) is 11.5. The van der Waals surface area contributed by atoms with Gasteiger partial charge in [0.15, 0.2) is 0 Å². The topological polar surface area (TPSA) is 60.9 Å². The van der Waals surface area contributed by atoms with E-state index in [0.717, 1.165) is 4.68 Å². The smallest absolute Gasteiger partial charge is 0.271 e. The van der Waals surface area contributed by atoms with E-state index in [0.29, 0.717) is 11.3 Å². The van der Waals surface area contributed by atoms with Gasteiger partial charge in [-0.05, 0) is 30.7 Å². The minimum absolute atomic E-state index is 0.0636. The van der Waals surface area contributed by atoms with Crippen molar-refractivity contribution in [3.63, 3.8) is 0 Å². The van der Waals surface area contributed by atoms with Crippen LogP contribution >= 0.6 is 0 Å². The second-order valence-electron chi connectivity index (χ2n) is 3.43. The molecule has 0 aliphatic carbocycles. The highest BCUT2D eigenvalue weighted by atomic mass is 19.1. The third kappa shape index (κ3) is 1.67. The van der Waals surface area contributed by atoms with Gasteiger partial charge in [-0.3, -0.25) is 4.79 Å². The van der Waals surface area contributed by atoms with Crippen molar-refractivity contribution in [2.45, 2.75) is 6.92 Å². The van der Waals surface area contributed by atoms with Crippen molar-refractivity contribution in [3.8, 4) is 5.69 Å². The normalized spacial score (nSPS) is 10.4. The summed E-state index contributed by atoms with van der Waals surface area (Å²) in [6.45, 7) is 1.70. The monoisotopic (exact) mass is 219 g/mol. The number of hydrogen-bond donors (Lipinski definition) is 1. The zero-order valence-electron chi connectivity index (χ0n) is 8.64. The Morgan fingerprint density at radius 2 is 2.19 bits per heavy atom. The van der Waals surface area contributed by atoms with Gasteiger partial charge in [0.25, 0.3) is 5.56 Å². The van der Waals surface area contributed by atoms with Crippen LogP contribution in [-0.4, -0.2) is 9.78 Å². The number of nitrogens with two attached hydrogens (primary N) is 1. The highest BCUT2D eigenvalue weighted by Gasteiger charge is 2.09. The van der Waals surface area contributed by atoms with Crippen molar-refractivity contribution in [2.24, 2.45) is 0 Å². The van der Waals surface area contributed by atoms with Crippen LogP contribution in [0.4, 0.5) is 10.1 Å². The molecule has 4 nitrogen and oxygen atoms in total. The molecule has 2 N–H and O–H groups in total. The van der Waals surface area contributed by atoms with Gasteiger partial charge in [-0.2, -0.15) is 9.78 Å². The van der Waals surface area contributed by atoms with Crippen LogP contribution in [0.2, 0.25) is 0 Å². The number of hydrogen-bond acceptors (Lipinski definition) is 3. The number of benzene rings is 1. The molecule has 0 amide bonds. The minimum atomic E-state index is -0.521. The molecule has 0 unspecified atom stereocenters. The lowest BCUT2D eigenvalue weighted by Crippen LogP contribution is -2.20. The van der Waals surface area contributed by atoms with E-state index in [1.165, 1.54) is 30.5 Å². The van der Waals surface area contributed by atoms with E-state index in [9.17, 15) is 9.18 Å². The maximum absolute atomic E-state index is 13.6. The fourth-order valence-electron chi connectivity index (χ4n) is 1.38. The zero-order valence-corrected chi connectivity index (χ0v) is 8.64. The van der Waals surface area contributed by atoms with E-state index in [1.54, 1.807) is 6.92 Å². The second-order valence-corrected chi connectivity index (χ2v) is 3.43. The van der Waals surface area contributed by atoms with Gasteiger partial charge in [-0.15, -0.1) is 0 Å². The molecule has 0 spiro atoms. The molecule has 0 saturated heterocycles. The standard InChI is InChI=1S/C11H10FN3O/c1-7-5-8(12)10(6-9(7)13)15-11(16)3-2-4-14-15/h2-6H,13H2,1H3. The van der Waals surface area contributed by atoms with Gasteiger partial charge in [0, 0.05) is 18.0 Å². The number of nitrogen functional groups attached to an aromatic ring is 1. The van der Waals surface area contributed by atoms with E-state index >= 15 is 0 Å². The molecule has 16 heavy (non-hydrogen) atoms. The SMILES string of the molecule is Cc1cc(F)c(-n2ncccc2=O)cc1N. The van der Waals surface area contributed by atoms with Crippen molar-refractivity contribution < 1.29 is 4.39 Å². The molecule has 2 aromatic rings. The van der Waals surface area contributed by atoms with Crippen molar-refractivity contribution in [1.29, 1.82) is 0 Å². The third-order valence-corrected chi connectivity index (χ3v) is 2.28. The Morgan fingerprint density at radius 1 is 1.44 bits per heavy atom. The van der Waals surface area contributed by atoms with Crippen LogP contribution in [0.25, 0.3) is 5.69 Å². The summed E-state index contributed by atoms with van der Waals surface area (Å²) in [5.74, 6) is -0.521. The van der Waals surface area contributed by atoms with Gasteiger partial charge in [0.05, 0.1) is 0 Å². The molecule has 1 aromatic heterocycles. The predicted molar refractivity (Wildman–Crippen MR) is 58.9 cm³/mol. The van der Waals surface area contributed by atoms with Crippen LogP contribution in [0.3, 0.4) is 0 Å². The lowest BCUT2D eigenvalue weighted by molar-refractivity contribution is 0.604. The van der Waals surface area contributed by atoms with Crippen molar-refractivity contribution in [2.75, 3.05) is 5.73 Å². The Bertz CT molecular complexity index is 592. The van der Waals surface area contributed by atoms with Crippen LogP contribution in [0.15, 0.2) is 35.3 Å². The van der Waals surface area contributed by atoms with E-state index in [1.807, 2.05) is 0 Å². The summed E-state index contributed by atoms with van der Waals surface area (Å²) >= 11 is 0. The molecule has 0 radical (unpaired) electrons. The molecule has 1 heterocycles. The van der Waals surface area contributed by atoms with Gasteiger partial charge in [-0.25, -0.2) is 4.39 Å². The van der Waals surface area contributed by atoms with Crippen LogP contribution < -0.4 is 11.3 Å². The molecule has 0 atom stereocenters. The molecule has 2 rings (SSSR count). The Hall–Kier alpha value is -2.17. The summed E-state index contributed by atoms with van der Waals surface area (Å²) in [5, 5.41) is 3.79. The van der Waals surface area contributed by atoms with Gasteiger partial charge in [-0.1, -0.05) is 0 Å². The molecule has 82 valence electrons. The number of aromatic nitrogens is 2. The number of aryl methyl sites for hydroxylation is 1. The minimum Gasteiger partial charge on any atom is -0.398 e. The summed E-state index contributed by atoms with van der Waals surface area (Å²) in [6, 6.07) is 5.49. The first-order chi connectivity index (χ1) is 7.59. The Labute approximate surface area is 91.1 Å². The van der Waals surface area contributed by atoms with E-state index in [2.05, 4.69) is 5.10 Å². The first-order valence-electron chi connectivity index (χ1n) is 4.70. The maximum atomic E-state index is 13.6. The quantitative estimate of drug-likeness (QED) is 0.734. The van der Waals surface area contributed by atoms with E-state index in [-0.39, 0.29) is 5.69 Å². The number of halogens is 1. The van der Waals surface area contributed by atoms with Crippen LogP contribution in [0.5, 0.6) is 0 Å². The number of anilines is 1.